The molecule has 3 heteroatoms. The van der Waals surface area contributed by atoms with E-state index in [0.717, 1.165) is 45.6 Å². The Bertz CT molecular complexity index is 176. The molecule has 0 aromatic heterocycles. The van der Waals surface area contributed by atoms with Crippen LogP contribution in [0, 0.1) is 5.92 Å². The first-order valence-corrected chi connectivity index (χ1v) is 6.00. The van der Waals surface area contributed by atoms with Gasteiger partial charge in [0.2, 0.25) is 0 Å². The van der Waals surface area contributed by atoms with Gasteiger partial charge in [0.05, 0.1) is 0 Å². The van der Waals surface area contributed by atoms with Crippen molar-refractivity contribution in [2.24, 2.45) is 11.7 Å². The highest BCUT2D eigenvalue weighted by molar-refractivity contribution is 4.82. The third kappa shape index (κ3) is 4.78. The van der Waals surface area contributed by atoms with E-state index in [-0.39, 0.29) is 0 Å². The van der Waals surface area contributed by atoms with Crippen LogP contribution in [0.5, 0.6) is 0 Å². The molecule has 0 aliphatic carbocycles. The van der Waals surface area contributed by atoms with Crippen molar-refractivity contribution in [3.8, 4) is 0 Å². The summed E-state index contributed by atoms with van der Waals surface area (Å²) in [6.45, 7) is 5.62. The molecule has 88 valence electrons. The molecule has 0 spiro atoms. The molecule has 1 saturated heterocycles. The smallest absolute Gasteiger partial charge is 0.0469 e. The molecule has 1 unspecified atom stereocenters. The maximum Gasteiger partial charge on any atom is 0.0469 e. The van der Waals surface area contributed by atoms with Gasteiger partial charge in [0, 0.05) is 25.8 Å². The average Bonchev–Trinajstić information content (AvgIpc) is 2.30. The third-order valence-electron chi connectivity index (χ3n) is 3.04. The SMILES string of the molecule is C/C=C/CCNC(CN)C1CCOCC1. The summed E-state index contributed by atoms with van der Waals surface area (Å²) in [5.41, 5.74) is 5.80. The summed E-state index contributed by atoms with van der Waals surface area (Å²) in [5.74, 6) is 0.703. The average molecular weight is 212 g/mol. The number of allylic oxidation sites excluding steroid dienone is 1. The van der Waals surface area contributed by atoms with Gasteiger partial charge in [-0.15, -0.1) is 0 Å². The van der Waals surface area contributed by atoms with Gasteiger partial charge in [-0.1, -0.05) is 12.2 Å². The van der Waals surface area contributed by atoms with E-state index in [1.54, 1.807) is 0 Å². The van der Waals surface area contributed by atoms with E-state index in [2.05, 4.69) is 24.4 Å². The van der Waals surface area contributed by atoms with Gasteiger partial charge in [-0.3, -0.25) is 0 Å². The Morgan fingerprint density at radius 1 is 1.47 bits per heavy atom. The number of hydrogen-bond acceptors (Lipinski definition) is 3. The first kappa shape index (κ1) is 12.7. The topological polar surface area (TPSA) is 47.3 Å². The van der Waals surface area contributed by atoms with Crippen LogP contribution < -0.4 is 11.1 Å². The van der Waals surface area contributed by atoms with Crippen molar-refractivity contribution in [3.63, 3.8) is 0 Å². The van der Waals surface area contributed by atoms with Crippen LogP contribution in [0.15, 0.2) is 12.2 Å². The number of hydrogen-bond donors (Lipinski definition) is 2. The fourth-order valence-corrected chi connectivity index (χ4v) is 2.08. The van der Waals surface area contributed by atoms with E-state index < -0.39 is 0 Å². The molecule has 1 rings (SSSR count). The molecule has 1 heterocycles. The minimum absolute atomic E-state index is 0.471. The summed E-state index contributed by atoms with van der Waals surface area (Å²) in [6.07, 6.45) is 7.67. The molecule has 15 heavy (non-hydrogen) atoms. The molecule has 3 nitrogen and oxygen atoms in total. The van der Waals surface area contributed by atoms with Crippen molar-refractivity contribution in [2.45, 2.75) is 32.2 Å². The number of rotatable bonds is 6. The molecule has 1 aliphatic rings. The fraction of sp³-hybridized carbons (Fsp3) is 0.833. The van der Waals surface area contributed by atoms with Crippen LogP contribution in [0.4, 0.5) is 0 Å². The molecule has 0 amide bonds. The Kier molecular flexibility index (Phi) is 6.64. The molecule has 3 N–H and O–H groups in total. The maximum absolute atomic E-state index is 5.80. The zero-order chi connectivity index (χ0) is 10.9. The van der Waals surface area contributed by atoms with Gasteiger partial charge < -0.3 is 15.8 Å². The summed E-state index contributed by atoms with van der Waals surface area (Å²) < 4.78 is 5.36. The van der Waals surface area contributed by atoms with E-state index in [1.165, 1.54) is 0 Å². The Morgan fingerprint density at radius 3 is 2.80 bits per heavy atom. The summed E-state index contributed by atoms with van der Waals surface area (Å²) in [7, 11) is 0. The second-order valence-electron chi connectivity index (χ2n) is 4.10. The molecular weight excluding hydrogens is 188 g/mol. The predicted octanol–water partition coefficient (Wildman–Crippen LogP) is 1.30. The lowest BCUT2D eigenvalue weighted by atomic mass is 9.91. The molecule has 0 bridgehead atoms. The fourth-order valence-electron chi connectivity index (χ4n) is 2.08. The lowest BCUT2D eigenvalue weighted by Crippen LogP contribution is -2.44. The van der Waals surface area contributed by atoms with Gasteiger partial charge in [0.25, 0.3) is 0 Å². The number of nitrogens with two attached hydrogens (primary N) is 1. The number of ether oxygens (including phenoxy) is 1. The number of nitrogens with one attached hydrogen (secondary N) is 1. The van der Waals surface area contributed by atoms with Gasteiger partial charge in [-0.05, 0) is 38.6 Å². The van der Waals surface area contributed by atoms with Crippen molar-refractivity contribution < 1.29 is 4.74 Å². The predicted molar refractivity (Wildman–Crippen MR) is 63.8 cm³/mol. The molecule has 0 saturated carbocycles. The van der Waals surface area contributed by atoms with Crippen molar-refractivity contribution >= 4 is 0 Å². The van der Waals surface area contributed by atoms with Crippen LogP contribution in [-0.4, -0.2) is 32.3 Å². The third-order valence-corrected chi connectivity index (χ3v) is 3.04. The van der Waals surface area contributed by atoms with Crippen molar-refractivity contribution in [2.75, 3.05) is 26.3 Å². The highest BCUT2D eigenvalue weighted by atomic mass is 16.5. The standard InChI is InChI=1S/C12H24N2O/c1-2-3-4-7-14-12(10-13)11-5-8-15-9-6-11/h2-3,11-12,14H,4-10,13H2,1H3/b3-2+. The van der Waals surface area contributed by atoms with E-state index in [1.807, 2.05) is 0 Å². The monoisotopic (exact) mass is 212 g/mol. The van der Waals surface area contributed by atoms with Gasteiger partial charge >= 0.3 is 0 Å². The quantitative estimate of drug-likeness (QED) is 0.515. The molecule has 0 aromatic rings. The van der Waals surface area contributed by atoms with Crippen molar-refractivity contribution in [1.82, 2.24) is 5.32 Å². The molecule has 0 aromatic carbocycles. The van der Waals surface area contributed by atoms with Gasteiger partial charge in [-0.2, -0.15) is 0 Å². The molecule has 1 aliphatic heterocycles. The second kappa shape index (κ2) is 7.85. The van der Waals surface area contributed by atoms with E-state index in [4.69, 9.17) is 10.5 Å². The highest BCUT2D eigenvalue weighted by Gasteiger charge is 2.21. The molecular formula is C12H24N2O. The zero-order valence-corrected chi connectivity index (χ0v) is 9.74. The lowest BCUT2D eigenvalue weighted by molar-refractivity contribution is 0.0549. The highest BCUT2D eigenvalue weighted by Crippen LogP contribution is 2.18. The van der Waals surface area contributed by atoms with Gasteiger partial charge in [0.15, 0.2) is 0 Å². The van der Waals surface area contributed by atoms with Crippen LogP contribution in [-0.2, 0) is 4.74 Å². The Morgan fingerprint density at radius 2 is 2.20 bits per heavy atom. The van der Waals surface area contributed by atoms with Crippen LogP contribution >= 0.6 is 0 Å². The van der Waals surface area contributed by atoms with Crippen LogP contribution in [0.1, 0.15) is 26.2 Å². The zero-order valence-electron chi connectivity index (χ0n) is 9.74. The summed E-state index contributed by atoms with van der Waals surface area (Å²) in [5, 5.41) is 3.54. The Labute approximate surface area is 93.1 Å². The summed E-state index contributed by atoms with van der Waals surface area (Å²) in [4.78, 5) is 0. The van der Waals surface area contributed by atoms with Crippen molar-refractivity contribution in [3.05, 3.63) is 12.2 Å². The van der Waals surface area contributed by atoms with E-state index in [9.17, 15) is 0 Å². The molecule has 0 radical (unpaired) electrons. The van der Waals surface area contributed by atoms with E-state index in [0.29, 0.717) is 12.0 Å². The largest absolute Gasteiger partial charge is 0.381 e. The van der Waals surface area contributed by atoms with E-state index >= 15 is 0 Å². The first-order valence-electron chi connectivity index (χ1n) is 6.00. The van der Waals surface area contributed by atoms with Gasteiger partial charge in [0.1, 0.15) is 0 Å². The maximum atomic E-state index is 5.80. The van der Waals surface area contributed by atoms with Crippen LogP contribution in [0.25, 0.3) is 0 Å². The summed E-state index contributed by atoms with van der Waals surface area (Å²) in [6, 6.07) is 0.471. The first-order chi connectivity index (χ1) is 7.38. The van der Waals surface area contributed by atoms with Gasteiger partial charge in [-0.25, -0.2) is 0 Å². The second-order valence-corrected chi connectivity index (χ2v) is 4.10. The Balaban J connectivity index is 2.21. The minimum atomic E-state index is 0.471. The lowest BCUT2D eigenvalue weighted by Gasteiger charge is -2.30. The normalized spacial score (nSPS) is 20.9. The minimum Gasteiger partial charge on any atom is -0.381 e. The Hall–Kier alpha value is -0.380. The van der Waals surface area contributed by atoms with Crippen LogP contribution in [0.2, 0.25) is 0 Å². The van der Waals surface area contributed by atoms with Crippen LogP contribution in [0.3, 0.4) is 0 Å². The molecule has 1 atom stereocenters. The summed E-state index contributed by atoms with van der Waals surface area (Å²) >= 11 is 0. The van der Waals surface area contributed by atoms with Crippen molar-refractivity contribution in [1.29, 1.82) is 0 Å². The molecule has 1 fully saturated rings.